The van der Waals surface area contributed by atoms with Gasteiger partial charge in [-0.15, -0.1) is 10.2 Å². The van der Waals surface area contributed by atoms with E-state index in [-0.39, 0.29) is 28.5 Å². The normalized spacial score (nSPS) is 10.6. The maximum absolute atomic E-state index is 12.2. The fraction of sp³-hybridized carbons (Fsp3) is 0.0625. The number of anilines is 1. The Morgan fingerprint density at radius 2 is 1.73 bits per heavy atom. The van der Waals surface area contributed by atoms with Crippen molar-refractivity contribution in [2.75, 3.05) is 11.1 Å². The van der Waals surface area contributed by atoms with E-state index in [9.17, 15) is 14.4 Å². The van der Waals surface area contributed by atoms with Crippen molar-refractivity contribution in [3.05, 3.63) is 53.7 Å². The molecule has 132 valence electrons. The quantitative estimate of drug-likeness (QED) is 0.543. The number of pyridine rings is 1. The number of nitrogens with zero attached hydrogens (tertiary/aromatic N) is 3. The van der Waals surface area contributed by atoms with E-state index < -0.39 is 11.8 Å². The molecule has 0 aliphatic carbocycles. The lowest BCUT2D eigenvalue weighted by atomic mass is 10.1. The molecule has 0 unspecified atom stereocenters. The molecule has 0 radical (unpaired) electrons. The third-order valence-electron chi connectivity index (χ3n) is 3.40. The SMILES string of the molecule is NC(=O)c1cc(NC(=O)CSc2nnc3ccccn23)cc(C(N)=O)c1. The molecule has 2 heterocycles. The molecule has 0 aliphatic rings. The number of carbonyl (C=O) groups excluding carboxylic acids is 3. The average molecular weight is 370 g/mol. The maximum atomic E-state index is 12.2. The second kappa shape index (κ2) is 7.23. The van der Waals surface area contributed by atoms with Gasteiger partial charge in [-0.3, -0.25) is 18.8 Å². The summed E-state index contributed by atoms with van der Waals surface area (Å²) in [4.78, 5) is 34.9. The van der Waals surface area contributed by atoms with E-state index >= 15 is 0 Å². The van der Waals surface area contributed by atoms with Crippen molar-refractivity contribution in [1.29, 1.82) is 0 Å². The van der Waals surface area contributed by atoms with Crippen molar-refractivity contribution in [3.63, 3.8) is 0 Å². The summed E-state index contributed by atoms with van der Waals surface area (Å²) in [6.07, 6.45) is 1.80. The van der Waals surface area contributed by atoms with Gasteiger partial charge in [-0.2, -0.15) is 0 Å². The standard InChI is InChI=1S/C16H14N6O3S/c17-14(24)9-5-10(15(18)25)7-11(6-9)19-13(23)8-26-16-21-20-12-3-1-2-4-22(12)16/h1-7H,8H2,(H2,17,24)(H2,18,25)(H,19,23). The number of primary amides is 2. The second-order valence-corrected chi connectivity index (χ2v) is 6.22. The molecule has 3 rings (SSSR count). The minimum Gasteiger partial charge on any atom is -0.366 e. The Labute approximate surface area is 151 Å². The molecular weight excluding hydrogens is 356 g/mol. The molecule has 0 fully saturated rings. The summed E-state index contributed by atoms with van der Waals surface area (Å²) in [7, 11) is 0. The van der Waals surface area contributed by atoms with Crippen molar-refractivity contribution in [1.82, 2.24) is 14.6 Å². The first kappa shape index (κ1) is 17.4. The molecule has 0 spiro atoms. The highest BCUT2D eigenvalue weighted by molar-refractivity contribution is 7.99. The summed E-state index contributed by atoms with van der Waals surface area (Å²) < 4.78 is 1.76. The summed E-state index contributed by atoms with van der Waals surface area (Å²) >= 11 is 1.20. The Bertz CT molecular complexity index is 984. The Morgan fingerprint density at radius 3 is 2.38 bits per heavy atom. The molecule has 26 heavy (non-hydrogen) atoms. The number of fused-ring (bicyclic) bond motifs is 1. The van der Waals surface area contributed by atoms with Crippen LogP contribution in [0.4, 0.5) is 5.69 Å². The Kier molecular flexibility index (Phi) is 4.85. The molecular formula is C16H14N6O3S. The van der Waals surface area contributed by atoms with Gasteiger partial charge in [-0.25, -0.2) is 0 Å². The van der Waals surface area contributed by atoms with E-state index in [1.807, 2.05) is 12.1 Å². The number of amides is 3. The van der Waals surface area contributed by atoms with Gasteiger partial charge in [0.15, 0.2) is 10.8 Å². The Balaban J connectivity index is 1.71. The summed E-state index contributed by atoms with van der Waals surface area (Å²) in [6.45, 7) is 0. The van der Waals surface area contributed by atoms with Gasteiger partial charge in [0.05, 0.1) is 5.75 Å². The van der Waals surface area contributed by atoms with Crippen molar-refractivity contribution >= 4 is 40.8 Å². The maximum Gasteiger partial charge on any atom is 0.248 e. The van der Waals surface area contributed by atoms with Crippen LogP contribution >= 0.6 is 11.8 Å². The molecule has 0 bridgehead atoms. The summed E-state index contributed by atoms with van der Waals surface area (Å²) in [6, 6.07) is 9.51. The number of rotatable bonds is 6. The van der Waals surface area contributed by atoms with E-state index in [2.05, 4.69) is 15.5 Å². The first-order valence-corrected chi connectivity index (χ1v) is 8.40. The predicted octanol–water partition coefficient (Wildman–Crippen LogP) is 0.658. The van der Waals surface area contributed by atoms with Crippen LogP contribution in [0.5, 0.6) is 0 Å². The molecule has 0 atom stereocenters. The summed E-state index contributed by atoms with van der Waals surface area (Å²) in [5.41, 5.74) is 11.6. The van der Waals surface area contributed by atoms with E-state index in [4.69, 9.17) is 11.5 Å². The molecule has 5 N–H and O–H groups in total. The van der Waals surface area contributed by atoms with Gasteiger partial charge < -0.3 is 16.8 Å². The number of thioether (sulfide) groups is 1. The number of nitrogens with two attached hydrogens (primary N) is 2. The van der Waals surface area contributed by atoms with E-state index in [0.29, 0.717) is 10.8 Å². The van der Waals surface area contributed by atoms with Crippen LogP contribution in [0.1, 0.15) is 20.7 Å². The lowest BCUT2D eigenvalue weighted by Crippen LogP contribution is -2.19. The molecule has 0 saturated heterocycles. The van der Waals surface area contributed by atoms with E-state index in [1.165, 1.54) is 30.0 Å². The first-order chi connectivity index (χ1) is 12.4. The third kappa shape index (κ3) is 3.81. The zero-order valence-corrected chi connectivity index (χ0v) is 14.2. The minimum absolute atomic E-state index is 0.0579. The lowest BCUT2D eigenvalue weighted by Gasteiger charge is -2.08. The highest BCUT2D eigenvalue weighted by Crippen LogP contribution is 2.18. The molecule has 3 aromatic rings. The molecule has 2 aromatic heterocycles. The van der Waals surface area contributed by atoms with Crippen LogP contribution in [0.2, 0.25) is 0 Å². The predicted molar refractivity (Wildman–Crippen MR) is 95.8 cm³/mol. The zero-order valence-electron chi connectivity index (χ0n) is 13.4. The van der Waals surface area contributed by atoms with E-state index in [0.717, 1.165) is 0 Å². The van der Waals surface area contributed by atoms with Gasteiger partial charge in [-0.1, -0.05) is 17.8 Å². The number of benzene rings is 1. The number of hydrogen-bond acceptors (Lipinski definition) is 6. The van der Waals surface area contributed by atoms with Crippen molar-refractivity contribution in [2.45, 2.75) is 5.16 Å². The van der Waals surface area contributed by atoms with Gasteiger partial charge in [0.1, 0.15) is 0 Å². The highest BCUT2D eigenvalue weighted by atomic mass is 32.2. The zero-order chi connectivity index (χ0) is 18.7. The van der Waals surface area contributed by atoms with Gasteiger partial charge in [0.25, 0.3) is 0 Å². The lowest BCUT2D eigenvalue weighted by molar-refractivity contribution is -0.113. The molecule has 9 nitrogen and oxygen atoms in total. The van der Waals surface area contributed by atoms with Crippen LogP contribution in [0.3, 0.4) is 0 Å². The number of nitrogens with one attached hydrogen (secondary N) is 1. The van der Waals surface area contributed by atoms with Gasteiger partial charge in [-0.05, 0) is 30.3 Å². The summed E-state index contributed by atoms with van der Waals surface area (Å²) in [5, 5.41) is 11.2. The van der Waals surface area contributed by atoms with Crippen LogP contribution in [0.25, 0.3) is 5.65 Å². The number of carbonyl (C=O) groups is 3. The largest absolute Gasteiger partial charge is 0.366 e. The van der Waals surface area contributed by atoms with Gasteiger partial charge >= 0.3 is 0 Å². The fourth-order valence-electron chi connectivity index (χ4n) is 2.23. The summed E-state index contributed by atoms with van der Waals surface area (Å²) in [5.74, 6) is -1.75. The van der Waals surface area contributed by atoms with Gasteiger partial charge in [0, 0.05) is 23.0 Å². The number of hydrogen-bond donors (Lipinski definition) is 3. The first-order valence-electron chi connectivity index (χ1n) is 7.41. The van der Waals surface area contributed by atoms with Crippen LogP contribution < -0.4 is 16.8 Å². The average Bonchev–Trinajstić information content (AvgIpc) is 3.03. The van der Waals surface area contributed by atoms with Crippen LogP contribution in [0, 0.1) is 0 Å². The van der Waals surface area contributed by atoms with Crippen LogP contribution in [-0.2, 0) is 4.79 Å². The topological polar surface area (TPSA) is 145 Å². The van der Waals surface area contributed by atoms with Crippen molar-refractivity contribution in [2.24, 2.45) is 11.5 Å². The van der Waals surface area contributed by atoms with E-state index in [1.54, 1.807) is 16.7 Å². The molecule has 1 aromatic carbocycles. The Hall–Kier alpha value is -3.40. The smallest absolute Gasteiger partial charge is 0.248 e. The monoisotopic (exact) mass is 370 g/mol. The second-order valence-electron chi connectivity index (χ2n) is 5.28. The van der Waals surface area contributed by atoms with Gasteiger partial charge in [0.2, 0.25) is 17.7 Å². The highest BCUT2D eigenvalue weighted by Gasteiger charge is 2.12. The fourth-order valence-corrected chi connectivity index (χ4v) is 2.95. The molecule has 10 heteroatoms. The minimum atomic E-state index is -0.729. The number of aromatic nitrogens is 3. The molecule has 3 amide bonds. The van der Waals surface area contributed by atoms with Crippen LogP contribution in [0.15, 0.2) is 47.8 Å². The Morgan fingerprint density at radius 1 is 1.04 bits per heavy atom. The van der Waals surface area contributed by atoms with Crippen molar-refractivity contribution in [3.8, 4) is 0 Å². The molecule has 0 saturated carbocycles. The van der Waals surface area contributed by atoms with Crippen LogP contribution in [-0.4, -0.2) is 38.1 Å². The third-order valence-corrected chi connectivity index (χ3v) is 4.34. The van der Waals surface area contributed by atoms with Crippen molar-refractivity contribution < 1.29 is 14.4 Å². The molecule has 0 aliphatic heterocycles.